The minimum atomic E-state index is -1.03. The number of nitrogens with one attached hydrogen (secondary N) is 1. The Bertz CT molecular complexity index is 1280. The molecule has 1 amide bonds. The molecule has 1 aliphatic carbocycles. The normalized spacial score (nSPS) is 13.4. The lowest BCUT2D eigenvalue weighted by atomic mass is 9.93. The molecule has 4 heteroatoms. The van der Waals surface area contributed by atoms with Crippen LogP contribution in [0.3, 0.4) is 0 Å². The first-order chi connectivity index (χ1) is 15.6. The number of carbonyl (C=O) groups is 2. The van der Waals surface area contributed by atoms with E-state index in [0.717, 1.165) is 38.6 Å². The molecule has 4 aromatic rings. The first-order valence-corrected chi connectivity index (χ1v) is 10.8. The minimum absolute atomic E-state index is 0.0717. The molecule has 0 radical (unpaired) electrons. The molecule has 32 heavy (non-hydrogen) atoms. The Labute approximate surface area is 186 Å². The van der Waals surface area contributed by atoms with Crippen molar-refractivity contribution in [2.24, 2.45) is 0 Å². The number of aliphatic carboxylic acids is 1. The number of rotatable bonds is 6. The molecule has 1 aliphatic rings. The second-order valence-electron chi connectivity index (χ2n) is 8.28. The summed E-state index contributed by atoms with van der Waals surface area (Å²) in [6, 6.07) is 29.1. The molecular formula is C28H23NO3. The SMILES string of the molecule is O=C(CC1c2ccccc2-c2ccccc21)N[C@H](Cc1ccc2ccccc2c1)C(=O)O. The predicted molar refractivity (Wildman–Crippen MR) is 126 cm³/mol. The molecule has 1 atom stereocenters. The second kappa shape index (κ2) is 8.31. The van der Waals surface area contributed by atoms with Gasteiger partial charge in [0, 0.05) is 18.8 Å². The monoisotopic (exact) mass is 421 g/mol. The van der Waals surface area contributed by atoms with Crippen LogP contribution in [0.25, 0.3) is 21.9 Å². The van der Waals surface area contributed by atoms with E-state index in [0.29, 0.717) is 0 Å². The van der Waals surface area contributed by atoms with Crippen LogP contribution >= 0.6 is 0 Å². The number of carbonyl (C=O) groups excluding carboxylic acids is 1. The molecule has 0 saturated heterocycles. The van der Waals surface area contributed by atoms with E-state index in [2.05, 4.69) is 29.6 Å². The van der Waals surface area contributed by atoms with Crippen LogP contribution in [0.1, 0.15) is 29.0 Å². The maximum Gasteiger partial charge on any atom is 0.326 e. The molecule has 0 unspecified atom stereocenters. The van der Waals surface area contributed by atoms with Gasteiger partial charge >= 0.3 is 5.97 Å². The van der Waals surface area contributed by atoms with E-state index in [-0.39, 0.29) is 24.7 Å². The third-order valence-electron chi connectivity index (χ3n) is 6.24. The van der Waals surface area contributed by atoms with Gasteiger partial charge in [-0.1, -0.05) is 91.0 Å². The number of amides is 1. The number of carboxylic acids is 1. The molecule has 5 rings (SSSR count). The largest absolute Gasteiger partial charge is 0.480 e. The van der Waals surface area contributed by atoms with Crippen molar-refractivity contribution in [3.63, 3.8) is 0 Å². The Hall–Kier alpha value is -3.92. The molecule has 4 nitrogen and oxygen atoms in total. The van der Waals surface area contributed by atoms with E-state index in [1.54, 1.807) is 0 Å². The van der Waals surface area contributed by atoms with Crippen molar-refractivity contribution in [3.05, 3.63) is 108 Å². The molecule has 0 saturated carbocycles. The van der Waals surface area contributed by atoms with Gasteiger partial charge in [-0.05, 0) is 38.6 Å². The van der Waals surface area contributed by atoms with Gasteiger partial charge in [-0.15, -0.1) is 0 Å². The van der Waals surface area contributed by atoms with Crippen LogP contribution in [0.4, 0.5) is 0 Å². The van der Waals surface area contributed by atoms with Crippen molar-refractivity contribution in [1.29, 1.82) is 0 Å². The highest BCUT2D eigenvalue weighted by Crippen LogP contribution is 2.45. The van der Waals surface area contributed by atoms with Gasteiger partial charge in [0.15, 0.2) is 0 Å². The Balaban J connectivity index is 1.34. The van der Waals surface area contributed by atoms with E-state index in [9.17, 15) is 14.7 Å². The van der Waals surface area contributed by atoms with Crippen LogP contribution in [0, 0.1) is 0 Å². The molecule has 2 N–H and O–H groups in total. The zero-order valence-corrected chi connectivity index (χ0v) is 17.5. The Morgan fingerprint density at radius 1 is 0.781 bits per heavy atom. The summed E-state index contributed by atoms with van der Waals surface area (Å²) >= 11 is 0. The number of fused-ring (bicyclic) bond motifs is 4. The zero-order valence-electron chi connectivity index (χ0n) is 17.5. The van der Waals surface area contributed by atoms with E-state index >= 15 is 0 Å². The van der Waals surface area contributed by atoms with Crippen molar-refractivity contribution in [1.82, 2.24) is 5.32 Å². The number of hydrogen-bond acceptors (Lipinski definition) is 2. The Morgan fingerprint density at radius 2 is 1.38 bits per heavy atom. The Morgan fingerprint density at radius 3 is 2.03 bits per heavy atom. The highest BCUT2D eigenvalue weighted by atomic mass is 16.4. The van der Waals surface area contributed by atoms with Crippen molar-refractivity contribution >= 4 is 22.6 Å². The number of carboxylic acid groups (broad SMARTS) is 1. The highest BCUT2D eigenvalue weighted by Gasteiger charge is 2.31. The molecule has 4 aromatic carbocycles. The lowest BCUT2D eigenvalue weighted by molar-refractivity contribution is -0.141. The van der Waals surface area contributed by atoms with Crippen LogP contribution in [0.2, 0.25) is 0 Å². The fraction of sp³-hybridized carbons (Fsp3) is 0.143. The summed E-state index contributed by atoms with van der Waals surface area (Å²) in [5, 5.41) is 14.7. The zero-order chi connectivity index (χ0) is 22.1. The predicted octanol–water partition coefficient (Wildman–Crippen LogP) is 5.15. The van der Waals surface area contributed by atoms with Gasteiger partial charge in [0.05, 0.1) is 0 Å². The minimum Gasteiger partial charge on any atom is -0.480 e. The van der Waals surface area contributed by atoms with Crippen molar-refractivity contribution in [3.8, 4) is 11.1 Å². The first kappa shape index (κ1) is 20.0. The summed E-state index contributed by atoms with van der Waals surface area (Å²) in [5.41, 5.74) is 5.40. The molecule has 0 bridgehead atoms. The van der Waals surface area contributed by atoms with Crippen LogP contribution < -0.4 is 5.32 Å². The van der Waals surface area contributed by atoms with Gasteiger partial charge in [-0.2, -0.15) is 0 Å². The molecule has 0 aliphatic heterocycles. The van der Waals surface area contributed by atoms with Gasteiger partial charge in [0.1, 0.15) is 6.04 Å². The standard InChI is InChI=1S/C28H23NO3/c30-27(17-25-23-11-5-3-9-21(23)22-10-4-6-12-24(22)25)29-26(28(31)32)16-18-13-14-19-7-1-2-8-20(19)15-18/h1-15,25-26H,16-17H2,(H,29,30)(H,31,32)/t26-/m1/s1. The summed E-state index contributed by atoms with van der Waals surface area (Å²) in [7, 11) is 0. The van der Waals surface area contributed by atoms with E-state index in [4.69, 9.17) is 0 Å². The molecule has 0 aromatic heterocycles. The van der Waals surface area contributed by atoms with E-state index in [1.165, 1.54) is 0 Å². The quantitative estimate of drug-likeness (QED) is 0.452. The van der Waals surface area contributed by atoms with Crippen LogP contribution in [0.5, 0.6) is 0 Å². The van der Waals surface area contributed by atoms with Gasteiger partial charge in [0.25, 0.3) is 0 Å². The van der Waals surface area contributed by atoms with E-state index in [1.807, 2.05) is 66.7 Å². The van der Waals surface area contributed by atoms with Crippen molar-refractivity contribution in [2.45, 2.75) is 24.8 Å². The maximum atomic E-state index is 13.0. The number of hydrogen-bond donors (Lipinski definition) is 2. The highest BCUT2D eigenvalue weighted by molar-refractivity contribution is 5.87. The van der Waals surface area contributed by atoms with Crippen LogP contribution in [-0.2, 0) is 16.0 Å². The molecule has 0 heterocycles. The third kappa shape index (κ3) is 3.76. The van der Waals surface area contributed by atoms with Crippen LogP contribution in [0.15, 0.2) is 91.0 Å². The fourth-order valence-corrected chi connectivity index (χ4v) is 4.72. The molecule has 0 spiro atoms. The van der Waals surface area contributed by atoms with Gasteiger partial charge in [-0.3, -0.25) is 4.79 Å². The molecular weight excluding hydrogens is 398 g/mol. The third-order valence-corrected chi connectivity index (χ3v) is 6.24. The first-order valence-electron chi connectivity index (χ1n) is 10.8. The average molecular weight is 421 g/mol. The van der Waals surface area contributed by atoms with Gasteiger partial charge < -0.3 is 10.4 Å². The smallest absolute Gasteiger partial charge is 0.326 e. The second-order valence-corrected chi connectivity index (χ2v) is 8.28. The molecule has 0 fully saturated rings. The molecule has 158 valence electrons. The summed E-state index contributed by atoms with van der Waals surface area (Å²) in [4.78, 5) is 24.9. The lowest BCUT2D eigenvalue weighted by Crippen LogP contribution is -2.42. The Kier molecular flexibility index (Phi) is 5.20. The van der Waals surface area contributed by atoms with E-state index < -0.39 is 12.0 Å². The maximum absolute atomic E-state index is 13.0. The average Bonchev–Trinajstić information content (AvgIpc) is 3.12. The van der Waals surface area contributed by atoms with Crippen molar-refractivity contribution < 1.29 is 14.7 Å². The van der Waals surface area contributed by atoms with Crippen LogP contribution in [-0.4, -0.2) is 23.0 Å². The summed E-state index contributed by atoms with van der Waals surface area (Å²) in [5.74, 6) is -1.36. The van der Waals surface area contributed by atoms with Gasteiger partial charge in [-0.25, -0.2) is 4.79 Å². The number of benzene rings is 4. The van der Waals surface area contributed by atoms with Gasteiger partial charge in [0.2, 0.25) is 5.91 Å². The van der Waals surface area contributed by atoms with Crippen molar-refractivity contribution in [2.75, 3.05) is 0 Å². The lowest BCUT2D eigenvalue weighted by Gasteiger charge is -2.18. The summed E-state index contributed by atoms with van der Waals surface area (Å²) in [6.07, 6.45) is 0.458. The summed E-state index contributed by atoms with van der Waals surface area (Å²) < 4.78 is 0. The summed E-state index contributed by atoms with van der Waals surface area (Å²) in [6.45, 7) is 0. The fourth-order valence-electron chi connectivity index (χ4n) is 4.72. The topological polar surface area (TPSA) is 66.4 Å².